The van der Waals surface area contributed by atoms with Crippen LogP contribution in [0.1, 0.15) is 15.9 Å². The quantitative estimate of drug-likeness (QED) is 0.805. The van der Waals surface area contributed by atoms with Crippen LogP contribution < -0.4 is 10.6 Å². The third kappa shape index (κ3) is 3.86. The minimum Gasteiger partial charge on any atom is -0.462 e. The molecule has 0 saturated carbocycles. The number of benzene rings is 2. The van der Waals surface area contributed by atoms with Gasteiger partial charge in [-0.1, -0.05) is 30.3 Å². The SMILES string of the molecule is O=C(OCC1CNC1)c1ccc(CNc2ccccc2)cc1. The van der Waals surface area contributed by atoms with Crippen LogP contribution >= 0.6 is 0 Å². The van der Waals surface area contributed by atoms with Crippen molar-refractivity contribution in [3.8, 4) is 0 Å². The molecular weight excluding hydrogens is 276 g/mol. The van der Waals surface area contributed by atoms with Crippen LogP contribution in [0.3, 0.4) is 0 Å². The van der Waals surface area contributed by atoms with Gasteiger partial charge in [-0.05, 0) is 29.8 Å². The van der Waals surface area contributed by atoms with Crippen molar-refractivity contribution in [2.24, 2.45) is 5.92 Å². The molecule has 0 bridgehead atoms. The number of ether oxygens (including phenoxy) is 1. The molecule has 0 unspecified atom stereocenters. The van der Waals surface area contributed by atoms with E-state index in [0.29, 0.717) is 18.1 Å². The van der Waals surface area contributed by atoms with E-state index in [4.69, 9.17) is 4.74 Å². The van der Waals surface area contributed by atoms with Crippen molar-refractivity contribution in [3.05, 3.63) is 65.7 Å². The van der Waals surface area contributed by atoms with E-state index in [0.717, 1.165) is 30.9 Å². The van der Waals surface area contributed by atoms with Gasteiger partial charge in [0.2, 0.25) is 0 Å². The smallest absolute Gasteiger partial charge is 0.338 e. The Morgan fingerprint density at radius 3 is 2.45 bits per heavy atom. The van der Waals surface area contributed by atoms with Gasteiger partial charge in [0.15, 0.2) is 0 Å². The highest BCUT2D eigenvalue weighted by Crippen LogP contribution is 2.11. The molecule has 22 heavy (non-hydrogen) atoms. The van der Waals surface area contributed by atoms with Crippen molar-refractivity contribution in [2.45, 2.75) is 6.54 Å². The van der Waals surface area contributed by atoms with E-state index in [2.05, 4.69) is 10.6 Å². The molecule has 0 aliphatic carbocycles. The first-order valence-corrected chi connectivity index (χ1v) is 7.57. The third-order valence-corrected chi connectivity index (χ3v) is 3.78. The van der Waals surface area contributed by atoms with E-state index >= 15 is 0 Å². The monoisotopic (exact) mass is 296 g/mol. The number of hydrogen-bond donors (Lipinski definition) is 2. The van der Waals surface area contributed by atoms with Crippen molar-refractivity contribution in [1.29, 1.82) is 0 Å². The molecule has 1 aliphatic rings. The van der Waals surface area contributed by atoms with Crippen molar-refractivity contribution >= 4 is 11.7 Å². The molecule has 0 amide bonds. The first-order valence-electron chi connectivity index (χ1n) is 7.57. The number of carbonyl (C=O) groups excluding carboxylic acids is 1. The number of para-hydroxylation sites is 1. The lowest BCUT2D eigenvalue weighted by Crippen LogP contribution is -2.44. The molecule has 0 atom stereocenters. The van der Waals surface area contributed by atoms with E-state index in [1.54, 1.807) is 0 Å². The van der Waals surface area contributed by atoms with Crippen LogP contribution in [0.15, 0.2) is 54.6 Å². The Morgan fingerprint density at radius 1 is 1.09 bits per heavy atom. The number of esters is 1. The molecule has 1 heterocycles. The lowest BCUT2D eigenvalue weighted by molar-refractivity contribution is 0.0398. The van der Waals surface area contributed by atoms with Crippen molar-refractivity contribution in [1.82, 2.24) is 5.32 Å². The van der Waals surface area contributed by atoms with Crippen LogP contribution in [-0.4, -0.2) is 25.7 Å². The van der Waals surface area contributed by atoms with E-state index in [1.165, 1.54) is 0 Å². The van der Waals surface area contributed by atoms with Crippen LogP contribution in [0.2, 0.25) is 0 Å². The second-order valence-corrected chi connectivity index (χ2v) is 5.54. The van der Waals surface area contributed by atoms with Gasteiger partial charge in [-0.15, -0.1) is 0 Å². The summed E-state index contributed by atoms with van der Waals surface area (Å²) in [5.41, 5.74) is 2.82. The minimum atomic E-state index is -0.241. The van der Waals surface area contributed by atoms with Crippen molar-refractivity contribution in [2.75, 3.05) is 25.0 Å². The molecule has 1 fully saturated rings. The summed E-state index contributed by atoms with van der Waals surface area (Å²) in [5, 5.41) is 6.50. The molecule has 4 heteroatoms. The molecule has 2 N–H and O–H groups in total. The average molecular weight is 296 g/mol. The van der Waals surface area contributed by atoms with Gasteiger partial charge in [0.25, 0.3) is 0 Å². The van der Waals surface area contributed by atoms with Crippen LogP contribution in [0.25, 0.3) is 0 Å². The zero-order chi connectivity index (χ0) is 15.2. The van der Waals surface area contributed by atoms with Gasteiger partial charge in [0.1, 0.15) is 0 Å². The predicted octanol–water partition coefficient (Wildman–Crippen LogP) is 2.67. The topological polar surface area (TPSA) is 50.4 Å². The average Bonchev–Trinajstić information content (AvgIpc) is 2.53. The summed E-state index contributed by atoms with van der Waals surface area (Å²) < 4.78 is 5.31. The first-order chi connectivity index (χ1) is 10.8. The maximum atomic E-state index is 11.9. The maximum absolute atomic E-state index is 11.9. The van der Waals surface area contributed by atoms with Gasteiger partial charge in [0.05, 0.1) is 12.2 Å². The summed E-state index contributed by atoms with van der Waals surface area (Å²) >= 11 is 0. The highest BCUT2D eigenvalue weighted by molar-refractivity contribution is 5.89. The van der Waals surface area contributed by atoms with Gasteiger partial charge < -0.3 is 15.4 Å². The molecule has 0 spiro atoms. The molecule has 2 aromatic rings. The third-order valence-electron chi connectivity index (χ3n) is 3.78. The summed E-state index contributed by atoms with van der Waals surface area (Å²) in [6.45, 7) is 3.12. The summed E-state index contributed by atoms with van der Waals surface area (Å²) in [6, 6.07) is 17.6. The Kier molecular flexibility index (Phi) is 4.71. The maximum Gasteiger partial charge on any atom is 0.338 e. The van der Waals surface area contributed by atoms with E-state index < -0.39 is 0 Å². The molecule has 3 rings (SSSR count). The minimum absolute atomic E-state index is 0.241. The lowest BCUT2D eigenvalue weighted by atomic mass is 10.1. The fourth-order valence-electron chi connectivity index (χ4n) is 2.26. The fourth-order valence-corrected chi connectivity index (χ4v) is 2.26. The normalized spacial score (nSPS) is 14.2. The number of carbonyl (C=O) groups is 1. The molecule has 4 nitrogen and oxygen atoms in total. The second kappa shape index (κ2) is 7.09. The molecule has 1 saturated heterocycles. The summed E-state index contributed by atoms with van der Waals surface area (Å²) in [5.74, 6) is 0.229. The Bertz CT molecular complexity index is 607. The van der Waals surface area contributed by atoms with Gasteiger partial charge >= 0.3 is 5.97 Å². The van der Waals surface area contributed by atoms with Gasteiger partial charge in [0, 0.05) is 31.2 Å². The predicted molar refractivity (Wildman–Crippen MR) is 86.9 cm³/mol. The van der Waals surface area contributed by atoms with Crippen molar-refractivity contribution < 1.29 is 9.53 Å². The highest BCUT2D eigenvalue weighted by atomic mass is 16.5. The van der Waals surface area contributed by atoms with Crippen LogP contribution in [0.4, 0.5) is 5.69 Å². The Morgan fingerprint density at radius 2 is 1.82 bits per heavy atom. The largest absolute Gasteiger partial charge is 0.462 e. The lowest BCUT2D eigenvalue weighted by Gasteiger charge is -2.26. The Balaban J connectivity index is 1.49. The molecule has 114 valence electrons. The van der Waals surface area contributed by atoms with Crippen LogP contribution in [0, 0.1) is 5.92 Å². The first kappa shape index (κ1) is 14.6. The molecule has 0 radical (unpaired) electrons. The van der Waals surface area contributed by atoms with Crippen molar-refractivity contribution in [3.63, 3.8) is 0 Å². The molecule has 1 aliphatic heterocycles. The summed E-state index contributed by atoms with van der Waals surface area (Å²) in [7, 11) is 0. The van der Waals surface area contributed by atoms with E-state index in [9.17, 15) is 4.79 Å². The van der Waals surface area contributed by atoms with E-state index in [1.807, 2.05) is 54.6 Å². The van der Waals surface area contributed by atoms with Gasteiger partial charge in [-0.25, -0.2) is 4.79 Å². The Labute approximate surface area is 130 Å². The molecule has 2 aromatic carbocycles. The molecular formula is C18H20N2O2. The zero-order valence-corrected chi connectivity index (χ0v) is 12.4. The van der Waals surface area contributed by atoms with Gasteiger partial charge in [-0.3, -0.25) is 0 Å². The Hall–Kier alpha value is -2.33. The van der Waals surface area contributed by atoms with Crippen LogP contribution in [-0.2, 0) is 11.3 Å². The van der Waals surface area contributed by atoms with Crippen LogP contribution in [0.5, 0.6) is 0 Å². The number of rotatable bonds is 6. The second-order valence-electron chi connectivity index (χ2n) is 5.54. The highest BCUT2D eigenvalue weighted by Gasteiger charge is 2.18. The van der Waals surface area contributed by atoms with Gasteiger partial charge in [-0.2, -0.15) is 0 Å². The zero-order valence-electron chi connectivity index (χ0n) is 12.4. The standard InChI is InChI=1S/C18H20N2O2/c21-18(22-13-15-10-19-11-15)16-8-6-14(7-9-16)12-20-17-4-2-1-3-5-17/h1-9,15,19-20H,10-13H2. The fraction of sp³-hybridized carbons (Fsp3) is 0.278. The summed E-state index contributed by atoms with van der Waals surface area (Å²) in [4.78, 5) is 11.9. The number of nitrogens with one attached hydrogen (secondary N) is 2. The summed E-state index contributed by atoms with van der Waals surface area (Å²) in [6.07, 6.45) is 0. The number of hydrogen-bond acceptors (Lipinski definition) is 4. The number of anilines is 1. The molecule has 0 aromatic heterocycles. The van der Waals surface area contributed by atoms with E-state index in [-0.39, 0.29) is 5.97 Å².